The van der Waals surface area contributed by atoms with Crippen molar-refractivity contribution in [1.29, 1.82) is 0 Å². The summed E-state index contributed by atoms with van der Waals surface area (Å²) in [4.78, 5) is 3.98. The van der Waals surface area contributed by atoms with Gasteiger partial charge < -0.3 is 13.9 Å². The Labute approximate surface area is 138 Å². The third-order valence-electron chi connectivity index (χ3n) is 4.01. The highest BCUT2D eigenvalue weighted by Crippen LogP contribution is 2.39. The quantitative estimate of drug-likeness (QED) is 0.732. The molecule has 1 saturated heterocycles. The molecule has 1 aliphatic rings. The van der Waals surface area contributed by atoms with Crippen LogP contribution in [0.3, 0.4) is 0 Å². The molecule has 0 unspecified atom stereocenters. The van der Waals surface area contributed by atoms with Gasteiger partial charge in [-0.05, 0) is 30.7 Å². The molecule has 1 fully saturated rings. The lowest BCUT2D eigenvalue weighted by Gasteiger charge is -2.25. The van der Waals surface area contributed by atoms with E-state index < -0.39 is 5.79 Å². The Bertz CT molecular complexity index is 817. The lowest BCUT2D eigenvalue weighted by molar-refractivity contribution is -0.199. The van der Waals surface area contributed by atoms with Crippen LogP contribution in [0, 0.1) is 0 Å². The summed E-state index contributed by atoms with van der Waals surface area (Å²) in [5.74, 6) is -0.388. The molecular formula is C16H16ClN3O3. The minimum atomic E-state index is -1.00. The number of aromatic nitrogens is 3. The fourth-order valence-electron chi connectivity index (χ4n) is 2.79. The second-order valence-corrected chi connectivity index (χ2v) is 6.03. The van der Waals surface area contributed by atoms with Crippen molar-refractivity contribution >= 4 is 22.6 Å². The first-order chi connectivity index (χ1) is 11.2. The maximum absolute atomic E-state index is 6.18. The first kappa shape index (κ1) is 14.7. The molecule has 2 atom stereocenters. The van der Waals surface area contributed by atoms with Crippen molar-refractivity contribution in [2.45, 2.75) is 31.8 Å². The summed E-state index contributed by atoms with van der Waals surface area (Å²) in [7, 11) is 0. The number of fused-ring (bicyclic) bond motifs is 1. The van der Waals surface area contributed by atoms with Gasteiger partial charge in [0.1, 0.15) is 24.8 Å². The van der Waals surface area contributed by atoms with E-state index in [1.54, 1.807) is 17.1 Å². The molecule has 3 heterocycles. The number of hydrogen-bond acceptors (Lipinski definition) is 5. The monoisotopic (exact) mass is 333 g/mol. The maximum Gasteiger partial charge on any atom is 0.249 e. The molecule has 23 heavy (non-hydrogen) atoms. The third kappa shape index (κ3) is 2.63. The van der Waals surface area contributed by atoms with Gasteiger partial charge in [-0.3, -0.25) is 0 Å². The van der Waals surface area contributed by atoms with Gasteiger partial charge in [0.15, 0.2) is 5.76 Å². The zero-order valence-corrected chi connectivity index (χ0v) is 13.4. The van der Waals surface area contributed by atoms with Crippen molar-refractivity contribution in [1.82, 2.24) is 14.8 Å². The summed E-state index contributed by atoms with van der Waals surface area (Å²) >= 11 is 6.06. The highest BCUT2D eigenvalue weighted by atomic mass is 35.5. The number of benzene rings is 1. The van der Waals surface area contributed by atoms with Gasteiger partial charge >= 0.3 is 0 Å². The number of ether oxygens (including phenoxy) is 2. The van der Waals surface area contributed by atoms with Crippen LogP contribution in [0.25, 0.3) is 11.0 Å². The summed E-state index contributed by atoms with van der Waals surface area (Å²) in [6.07, 6.45) is 4.01. The van der Waals surface area contributed by atoms with E-state index in [4.69, 9.17) is 25.5 Å². The standard InChI is InChI=1S/C16H16ClN3O3/c1-2-13-7-21-16(23-13,8-20-10-18-9-19-20)15-6-11-5-12(17)3-4-14(11)22-15/h3-6,9-10,13H,2,7-8H2,1H3/t13-,16+/m0/s1. The predicted molar refractivity (Wildman–Crippen MR) is 84.0 cm³/mol. The van der Waals surface area contributed by atoms with E-state index in [0.717, 1.165) is 17.4 Å². The largest absolute Gasteiger partial charge is 0.455 e. The molecule has 0 bridgehead atoms. The van der Waals surface area contributed by atoms with Gasteiger partial charge in [0.2, 0.25) is 5.79 Å². The van der Waals surface area contributed by atoms with E-state index in [1.165, 1.54) is 6.33 Å². The summed E-state index contributed by atoms with van der Waals surface area (Å²) in [6, 6.07) is 7.42. The molecule has 1 aliphatic heterocycles. The molecule has 0 aliphatic carbocycles. The van der Waals surface area contributed by atoms with Crippen LogP contribution in [0.15, 0.2) is 41.3 Å². The Kier molecular flexibility index (Phi) is 3.60. The van der Waals surface area contributed by atoms with Crippen molar-refractivity contribution in [3.05, 3.63) is 47.7 Å². The van der Waals surface area contributed by atoms with Gasteiger partial charge in [-0.25, -0.2) is 9.67 Å². The first-order valence-electron chi connectivity index (χ1n) is 7.52. The summed E-state index contributed by atoms with van der Waals surface area (Å²) in [6.45, 7) is 2.96. The molecule has 1 aromatic carbocycles. The number of furan rings is 1. The van der Waals surface area contributed by atoms with E-state index in [1.807, 2.05) is 18.2 Å². The first-order valence-corrected chi connectivity index (χ1v) is 7.90. The van der Waals surface area contributed by atoms with Crippen molar-refractivity contribution in [2.75, 3.05) is 6.61 Å². The average Bonchev–Trinajstić information content (AvgIpc) is 3.26. The third-order valence-corrected chi connectivity index (χ3v) is 4.24. The van der Waals surface area contributed by atoms with Crippen molar-refractivity contribution in [2.24, 2.45) is 0 Å². The van der Waals surface area contributed by atoms with Gasteiger partial charge in [-0.1, -0.05) is 18.5 Å². The predicted octanol–water partition coefficient (Wildman–Crippen LogP) is 3.36. The summed E-state index contributed by atoms with van der Waals surface area (Å²) in [5, 5.41) is 5.73. The summed E-state index contributed by atoms with van der Waals surface area (Å²) < 4.78 is 19.9. The topological polar surface area (TPSA) is 62.3 Å². The SMILES string of the molecule is CC[C@H]1CO[C@@](Cn2cncn2)(c2cc3cc(Cl)ccc3o2)O1. The van der Waals surface area contributed by atoms with E-state index in [2.05, 4.69) is 17.0 Å². The Morgan fingerprint density at radius 1 is 1.39 bits per heavy atom. The molecule has 2 aromatic heterocycles. The zero-order chi connectivity index (χ0) is 15.9. The molecule has 6 nitrogen and oxygen atoms in total. The number of rotatable bonds is 4. The minimum Gasteiger partial charge on any atom is -0.455 e. The Hall–Kier alpha value is -1.89. The lowest BCUT2D eigenvalue weighted by Crippen LogP contribution is -2.33. The molecule has 0 saturated carbocycles. The van der Waals surface area contributed by atoms with Crippen LogP contribution in [0.5, 0.6) is 0 Å². The van der Waals surface area contributed by atoms with E-state index >= 15 is 0 Å². The van der Waals surface area contributed by atoms with Gasteiger partial charge in [-0.2, -0.15) is 5.10 Å². The molecule has 0 spiro atoms. The molecule has 4 rings (SSSR count). The van der Waals surface area contributed by atoms with Crippen LogP contribution in [0.4, 0.5) is 0 Å². The van der Waals surface area contributed by atoms with Crippen LogP contribution < -0.4 is 0 Å². The molecule has 0 radical (unpaired) electrons. The fraction of sp³-hybridized carbons (Fsp3) is 0.375. The number of nitrogens with zero attached hydrogens (tertiary/aromatic N) is 3. The second-order valence-electron chi connectivity index (χ2n) is 5.60. The Morgan fingerprint density at radius 2 is 2.30 bits per heavy atom. The number of hydrogen-bond donors (Lipinski definition) is 0. The van der Waals surface area contributed by atoms with Gasteiger partial charge in [0.25, 0.3) is 0 Å². The van der Waals surface area contributed by atoms with E-state index in [9.17, 15) is 0 Å². The smallest absolute Gasteiger partial charge is 0.249 e. The van der Waals surface area contributed by atoms with Crippen LogP contribution in [0.2, 0.25) is 5.02 Å². The normalized spacial score (nSPS) is 24.5. The molecule has 0 amide bonds. The molecular weight excluding hydrogens is 318 g/mol. The average molecular weight is 334 g/mol. The molecule has 7 heteroatoms. The highest BCUT2D eigenvalue weighted by Gasteiger charge is 2.46. The van der Waals surface area contributed by atoms with Gasteiger partial charge in [0, 0.05) is 10.4 Å². The highest BCUT2D eigenvalue weighted by molar-refractivity contribution is 6.31. The van der Waals surface area contributed by atoms with Crippen molar-refractivity contribution in [3.8, 4) is 0 Å². The fourth-order valence-corrected chi connectivity index (χ4v) is 2.97. The minimum absolute atomic E-state index is 0.0234. The van der Waals surface area contributed by atoms with Crippen molar-refractivity contribution < 1.29 is 13.9 Å². The number of halogens is 1. The van der Waals surface area contributed by atoms with Crippen LogP contribution >= 0.6 is 11.6 Å². The Morgan fingerprint density at radius 3 is 3.04 bits per heavy atom. The van der Waals surface area contributed by atoms with Gasteiger partial charge in [0.05, 0.1) is 12.7 Å². The maximum atomic E-state index is 6.18. The summed E-state index contributed by atoms with van der Waals surface area (Å²) in [5.41, 5.74) is 0.745. The van der Waals surface area contributed by atoms with E-state index in [-0.39, 0.29) is 6.10 Å². The van der Waals surface area contributed by atoms with E-state index in [0.29, 0.717) is 23.9 Å². The van der Waals surface area contributed by atoms with Crippen LogP contribution in [-0.4, -0.2) is 27.5 Å². The molecule has 0 N–H and O–H groups in total. The van der Waals surface area contributed by atoms with Crippen LogP contribution in [-0.2, 0) is 21.8 Å². The van der Waals surface area contributed by atoms with Gasteiger partial charge in [-0.15, -0.1) is 0 Å². The van der Waals surface area contributed by atoms with Crippen LogP contribution in [0.1, 0.15) is 19.1 Å². The molecule has 120 valence electrons. The zero-order valence-electron chi connectivity index (χ0n) is 12.6. The Balaban J connectivity index is 1.77. The second kappa shape index (κ2) is 5.63. The van der Waals surface area contributed by atoms with Crippen molar-refractivity contribution in [3.63, 3.8) is 0 Å². The molecule has 3 aromatic rings. The lowest BCUT2D eigenvalue weighted by atomic mass is 10.2.